The fraction of sp³-hybridized carbons (Fsp3) is 0.588. The highest BCUT2D eigenvalue weighted by atomic mass is 35.5. The molecule has 2 rings (SSSR count). The van der Waals surface area contributed by atoms with Crippen LogP contribution in [0.3, 0.4) is 0 Å². The summed E-state index contributed by atoms with van der Waals surface area (Å²) >= 11 is 0. The largest absolute Gasteiger partial charge is 0.383 e. The molecule has 26 heavy (non-hydrogen) atoms. The van der Waals surface area contributed by atoms with Crippen molar-refractivity contribution in [2.24, 2.45) is 0 Å². The first-order valence-corrected chi connectivity index (χ1v) is 9.99. The number of carbonyl (C=O) groups excluding carboxylic acids is 1. The van der Waals surface area contributed by atoms with Crippen molar-refractivity contribution in [3.05, 3.63) is 23.8 Å². The molecule has 1 aromatic rings. The number of anilines is 1. The van der Waals surface area contributed by atoms with Gasteiger partial charge in [-0.25, -0.2) is 8.42 Å². The number of carbonyl (C=O) groups is 1. The highest BCUT2D eigenvalue weighted by Crippen LogP contribution is 2.25. The molecule has 2 N–H and O–H groups in total. The van der Waals surface area contributed by atoms with Crippen molar-refractivity contribution in [3.8, 4) is 0 Å². The predicted molar refractivity (Wildman–Crippen MR) is 104 cm³/mol. The maximum atomic E-state index is 12.9. The Bertz CT molecular complexity index is 691. The number of sulfonamides is 1. The first kappa shape index (κ1) is 22.9. The van der Waals surface area contributed by atoms with Gasteiger partial charge < -0.3 is 15.4 Å². The number of hydrogen-bond acceptors (Lipinski definition) is 5. The molecule has 1 heterocycles. The van der Waals surface area contributed by atoms with Crippen LogP contribution in [0, 0.1) is 6.92 Å². The van der Waals surface area contributed by atoms with Gasteiger partial charge in [0.1, 0.15) is 0 Å². The molecule has 1 fully saturated rings. The minimum absolute atomic E-state index is 0. The van der Waals surface area contributed by atoms with Crippen molar-refractivity contribution >= 4 is 34.0 Å². The maximum absolute atomic E-state index is 12.9. The van der Waals surface area contributed by atoms with Gasteiger partial charge in [-0.3, -0.25) is 4.79 Å². The molecule has 0 unspecified atom stereocenters. The summed E-state index contributed by atoms with van der Waals surface area (Å²) in [5, 5.41) is 5.69. The number of aryl methyl sites for hydroxylation is 1. The van der Waals surface area contributed by atoms with Gasteiger partial charge in [0.15, 0.2) is 0 Å². The SMILES string of the molecule is COCCNCC(=O)Nc1ccc(C)c(S(=O)(=O)N2CCCCC2)c1.Cl. The van der Waals surface area contributed by atoms with E-state index in [1.165, 1.54) is 4.31 Å². The molecule has 0 bridgehead atoms. The van der Waals surface area contributed by atoms with Crippen LogP contribution in [0.2, 0.25) is 0 Å². The summed E-state index contributed by atoms with van der Waals surface area (Å²) in [6, 6.07) is 4.99. The van der Waals surface area contributed by atoms with Crippen LogP contribution in [0.15, 0.2) is 23.1 Å². The fourth-order valence-corrected chi connectivity index (χ4v) is 4.55. The molecule has 148 valence electrons. The van der Waals surface area contributed by atoms with Crippen molar-refractivity contribution in [2.75, 3.05) is 45.2 Å². The molecule has 0 radical (unpaired) electrons. The Kier molecular flexibility index (Phi) is 9.52. The number of benzene rings is 1. The van der Waals surface area contributed by atoms with Gasteiger partial charge in [0, 0.05) is 32.4 Å². The molecule has 9 heteroatoms. The number of ether oxygens (including phenoxy) is 1. The van der Waals surface area contributed by atoms with Gasteiger partial charge >= 0.3 is 0 Å². The summed E-state index contributed by atoms with van der Waals surface area (Å²) < 4.78 is 32.2. The summed E-state index contributed by atoms with van der Waals surface area (Å²) in [5.41, 5.74) is 1.17. The third kappa shape index (κ3) is 6.21. The highest BCUT2D eigenvalue weighted by Gasteiger charge is 2.27. The number of rotatable bonds is 8. The molecule has 1 aliphatic heterocycles. The summed E-state index contributed by atoms with van der Waals surface area (Å²) in [6.45, 7) is 4.13. The maximum Gasteiger partial charge on any atom is 0.243 e. The third-order valence-electron chi connectivity index (χ3n) is 4.17. The van der Waals surface area contributed by atoms with Gasteiger partial charge in [-0.2, -0.15) is 4.31 Å². The van der Waals surface area contributed by atoms with E-state index in [4.69, 9.17) is 4.74 Å². The van der Waals surface area contributed by atoms with Gasteiger partial charge in [0.25, 0.3) is 0 Å². The van der Waals surface area contributed by atoms with Gasteiger partial charge in [-0.05, 0) is 37.5 Å². The summed E-state index contributed by atoms with van der Waals surface area (Å²) in [5.74, 6) is -0.221. The summed E-state index contributed by atoms with van der Waals surface area (Å²) in [4.78, 5) is 12.2. The van der Waals surface area contributed by atoms with Crippen LogP contribution in [-0.2, 0) is 19.6 Å². The van der Waals surface area contributed by atoms with E-state index in [2.05, 4.69) is 10.6 Å². The van der Waals surface area contributed by atoms with E-state index >= 15 is 0 Å². The molecule has 1 saturated heterocycles. The summed E-state index contributed by atoms with van der Waals surface area (Å²) in [6.07, 6.45) is 2.85. The Hall–Kier alpha value is -1.19. The van der Waals surface area contributed by atoms with E-state index in [9.17, 15) is 13.2 Å². The highest BCUT2D eigenvalue weighted by molar-refractivity contribution is 7.89. The molecule has 1 aromatic carbocycles. The zero-order valence-corrected chi connectivity index (χ0v) is 16.9. The Morgan fingerprint density at radius 3 is 2.58 bits per heavy atom. The van der Waals surface area contributed by atoms with Gasteiger partial charge in [-0.15, -0.1) is 12.4 Å². The van der Waals surface area contributed by atoms with Crippen LogP contribution in [0.25, 0.3) is 0 Å². The molecule has 1 aliphatic rings. The number of halogens is 1. The monoisotopic (exact) mass is 405 g/mol. The van der Waals surface area contributed by atoms with E-state index < -0.39 is 10.0 Å². The molecule has 7 nitrogen and oxygen atoms in total. The Balaban J connectivity index is 0.00000338. The molecular formula is C17H28ClN3O4S. The van der Waals surface area contributed by atoms with Crippen LogP contribution < -0.4 is 10.6 Å². The molecule has 0 aromatic heterocycles. The lowest BCUT2D eigenvalue weighted by Gasteiger charge is -2.26. The zero-order valence-electron chi connectivity index (χ0n) is 15.3. The lowest BCUT2D eigenvalue weighted by molar-refractivity contribution is -0.115. The summed E-state index contributed by atoms with van der Waals surface area (Å²) in [7, 11) is -1.93. The number of nitrogens with zero attached hydrogens (tertiary/aromatic N) is 1. The molecule has 0 saturated carbocycles. The topological polar surface area (TPSA) is 87.7 Å². The normalized spacial score (nSPS) is 15.3. The number of methoxy groups -OCH3 is 1. The standard InChI is InChI=1S/C17H27N3O4S.ClH/c1-14-6-7-15(19-17(21)13-18-8-11-24-2)12-16(14)25(22,23)20-9-4-3-5-10-20;/h6-7,12,18H,3-5,8-11,13H2,1-2H3,(H,19,21);1H. The van der Waals surface area contributed by atoms with Crippen LogP contribution >= 0.6 is 12.4 Å². The zero-order chi connectivity index (χ0) is 18.3. The number of hydrogen-bond donors (Lipinski definition) is 2. The lowest BCUT2D eigenvalue weighted by atomic mass is 10.2. The minimum atomic E-state index is -3.53. The van der Waals surface area contributed by atoms with E-state index in [0.29, 0.717) is 37.5 Å². The molecule has 0 spiro atoms. The number of piperidine rings is 1. The molecule has 0 aliphatic carbocycles. The lowest BCUT2D eigenvalue weighted by Crippen LogP contribution is -2.36. The second kappa shape index (κ2) is 10.8. The Morgan fingerprint density at radius 2 is 1.92 bits per heavy atom. The van der Waals surface area contributed by atoms with Crippen molar-refractivity contribution in [1.29, 1.82) is 0 Å². The number of amides is 1. The van der Waals surface area contributed by atoms with Crippen LogP contribution in [0.1, 0.15) is 24.8 Å². The predicted octanol–water partition coefficient (Wildman–Crippen LogP) is 1.77. The molecular weight excluding hydrogens is 378 g/mol. The fourth-order valence-electron chi connectivity index (χ4n) is 2.78. The van der Waals surface area contributed by atoms with Gasteiger partial charge in [0.2, 0.25) is 15.9 Å². The van der Waals surface area contributed by atoms with Gasteiger partial charge in [0.05, 0.1) is 18.0 Å². The van der Waals surface area contributed by atoms with Crippen LogP contribution in [0.4, 0.5) is 5.69 Å². The van der Waals surface area contributed by atoms with E-state index in [0.717, 1.165) is 19.3 Å². The van der Waals surface area contributed by atoms with Crippen LogP contribution in [0.5, 0.6) is 0 Å². The van der Waals surface area contributed by atoms with E-state index in [1.54, 1.807) is 32.2 Å². The van der Waals surface area contributed by atoms with Crippen molar-refractivity contribution in [1.82, 2.24) is 9.62 Å². The average Bonchev–Trinajstić information content (AvgIpc) is 2.61. The Morgan fingerprint density at radius 1 is 1.23 bits per heavy atom. The second-order valence-corrected chi connectivity index (χ2v) is 8.07. The molecule has 1 amide bonds. The van der Waals surface area contributed by atoms with E-state index in [-0.39, 0.29) is 29.8 Å². The van der Waals surface area contributed by atoms with Crippen molar-refractivity contribution in [2.45, 2.75) is 31.1 Å². The first-order chi connectivity index (χ1) is 11.9. The minimum Gasteiger partial charge on any atom is -0.383 e. The Labute approximate surface area is 161 Å². The van der Waals surface area contributed by atoms with Crippen LogP contribution in [-0.4, -0.2) is 58.5 Å². The van der Waals surface area contributed by atoms with E-state index in [1.807, 2.05) is 0 Å². The van der Waals surface area contributed by atoms with Gasteiger partial charge in [-0.1, -0.05) is 12.5 Å². The first-order valence-electron chi connectivity index (χ1n) is 8.55. The third-order valence-corrected chi connectivity index (χ3v) is 6.21. The number of nitrogens with one attached hydrogen (secondary N) is 2. The quantitative estimate of drug-likeness (QED) is 0.643. The van der Waals surface area contributed by atoms with Crippen molar-refractivity contribution in [3.63, 3.8) is 0 Å². The van der Waals surface area contributed by atoms with Crippen molar-refractivity contribution < 1.29 is 17.9 Å². The second-order valence-electron chi connectivity index (χ2n) is 6.16. The molecule has 0 atom stereocenters. The average molecular weight is 406 g/mol. The smallest absolute Gasteiger partial charge is 0.243 e.